The topological polar surface area (TPSA) is 92.1 Å². The van der Waals surface area contributed by atoms with Crippen LogP contribution >= 0.6 is 0 Å². The highest BCUT2D eigenvalue weighted by atomic mass is 19.4. The fourth-order valence-electron chi connectivity index (χ4n) is 3.44. The summed E-state index contributed by atoms with van der Waals surface area (Å²) in [5, 5.41) is 7.40. The van der Waals surface area contributed by atoms with E-state index in [1.54, 1.807) is 41.0 Å². The number of rotatable bonds is 5. The second-order valence-corrected chi connectivity index (χ2v) is 7.56. The van der Waals surface area contributed by atoms with Crippen molar-refractivity contribution in [3.63, 3.8) is 0 Å². The third kappa shape index (κ3) is 4.34. The van der Waals surface area contributed by atoms with Crippen LogP contribution in [-0.4, -0.2) is 51.3 Å². The molecule has 1 aliphatic heterocycles. The van der Waals surface area contributed by atoms with Crippen LogP contribution in [0.1, 0.15) is 22.5 Å². The second-order valence-electron chi connectivity index (χ2n) is 7.56. The Bertz CT molecular complexity index is 1140. The number of amides is 1. The summed E-state index contributed by atoms with van der Waals surface area (Å²) in [6.45, 7) is 2.77. The molecule has 0 spiro atoms. The van der Waals surface area contributed by atoms with Crippen molar-refractivity contribution >= 4 is 23.4 Å². The second kappa shape index (κ2) is 8.09. The van der Waals surface area contributed by atoms with Gasteiger partial charge >= 0.3 is 6.18 Å². The number of halogens is 3. The molecule has 0 aromatic carbocycles. The van der Waals surface area contributed by atoms with E-state index in [2.05, 4.69) is 25.4 Å². The molecule has 1 amide bonds. The molecule has 168 valence electrons. The first-order chi connectivity index (χ1) is 15.1. The number of carbonyl (C=O) groups is 1. The van der Waals surface area contributed by atoms with E-state index in [-0.39, 0.29) is 12.5 Å². The molecule has 0 aliphatic carbocycles. The maximum Gasteiger partial charge on any atom is 0.433 e. The lowest BCUT2D eigenvalue weighted by Gasteiger charge is -2.32. The standard InChI is InChI=1S/C20H21F3N8O/c1-12-17-18(29(2)11-16(32)30(17)3)28-19(27-12)25-7-14-8-26-31(10-14)9-13-4-5-15(24-6-13)20(21,22)23/h4-6,8,10H,7,9,11H2,1-3H3,(H,25,27,28). The Labute approximate surface area is 181 Å². The quantitative estimate of drug-likeness (QED) is 0.644. The highest BCUT2D eigenvalue weighted by molar-refractivity contribution is 6.02. The maximum atomic E-state index is 12.6. The predicted molar refractivity (Wildman–Crippen MR) is 111 cm³/mol. The first-order valence-electron chi connectivity index (χ1n) is 9.75. The number of nitrogens with zero attached hydrogens (tertiary/aromatic N) is 7. The lowest BCUT2D eigenvalue weighted by Crippen LogP contribution is -2.43. The molecule has 12 heteroatoms. The molecule has 0 fully saturated rings. The highest BCUT2D eigenvalue weighted by Gasteiger charge is 2.32. The molecule has 0 bridgehead atoms. The first kappa shape index (κ1) is 21.5. The number of nitrogens with one attached hydrogen (secondary N) is 1. The van der Waals surface area contributed by atoms with Crippen molar-refractivity contribution in [2.75, 3.05) is 35.8 Å². The number of likely N-dealkylation sites (N-methyl/N-ethyl adjacent to an activating group) is 2. The fraction of sp³-hybridized carbons (Fsp3) is 0.350. The van der Waals surface area contributed by atoms with Gasteiger partial charge in [0.1, 0.15) is 11.4 Å². The van der Waals surface area contributed by atoms with Gasteiger partial charge in [-0.1, -0.05) is 6.07 Å². The molecule has 0 unspecified atom stereocenters. The molecular weight excluding hydrogens is 425 g/mol. The van der Waals surface area contributed by atoms with Crippen LogP contribution in [0.3, 0.4) is 0 Å². The van der Waals surface area contributed by atoms with Crippen LogP contribution in [0.5, 0.6) is 0 Å². The average molecular weight is 446 g/mol. The molecule has 4 heterocycles. The number of pyridine rings is 1. The Kier molecular flexibility index (Phi) is 5.45. The molecule has 1 N–H and O–H groups in total. The Morgan fingerprint density at radius 2 is 1.91 bits per heavy atom. The molecule has 3 aromatic rings. The number of alkyl halides is 3. The Hall–Kier alpha value is -3.70. The SMILES string of the molecule is Cc1nc(NCc2cnn(Cc3ccc(C(F)(F)F)nc3)c2)nc2c1N(C)C(=O)CN2C. The van der Waals surface area contributed by atoms with Gasteiger partial charge in [-0.3, -0.25) is 14.5 Å². The molecule has 32 heavy (non-hydrogen) atoms. The maximum absolute atomic E-state index is 12.6. The molecule has 0 saturated carbocycles. The van der Waals surface area contributed by atoms with Gasteiger partial charge in [0.15, 0.2) is 5.82 Å². The van der Waals surface area contributed by atoms with Crippen molar-refractivity contribution in [2.24, 2.45) is 0 Å². The molecule has 9 nitrogen and oxygen atoms in total. The fourth-order valence-corrected chi connectivity index (χ4v) is 3.44. The number of carbonyl (C=O) groups excluding carboxylic acids is 1. The predicted octanol–water partition coefficient (Wildman–Crippen LogP) is 2.47. The summed E-state index contributed by atoms with van der Waals surface area (Å²) in [6, 6.07) is 2.34. The number of aromatic nitrogens is 5. The average Bonchev–Trinajstić information content (AvgIpc) is 3.17. The minimum atomic E-state index is -4.46. The van der Waals surface area contributed by atoms with Crippen LogP contribution in [0.15, 0.2) is 30.7 Å². The van der Waals surface area contributed by atoms with E-state index < -0.39 is 11.9 Å². The summed E-state index contributed by atoms with van der Waals surface area (Å²) in [6.07, 6.45) is 0.188. The smallest absolute Gasteiger partial charge is 0.350 e. The van der Waals surface area contributed by atoms with Crippen LogP contribution < -0.4 is 15.1 Å². The largest absolute Gasteiger partial charge is 0.433 e. The van der Waals surface area contributed by atoms with Gasteiger partial charge in [0, 0.05) is 38.6 Å². The lowest BCUT2D eigenvalue weighted by molar-refractivity contribution is -0.141. The van der Waals surface area contributed by atoms with Gasteiger partial charge in [-0.2, -0.15) is 23.3 Å². The molecule has 4 rings (SSSR count). The van der Waals surface area contributed by atoms with Gasteiger partial charge in [0.05, 0.1) is 25.0 Å². The summed E-state index contributed by atoms with van der Waals surface area (Å²) in [5.41, 5.74) is 1.91. The highest BCUT2D eigenvalue weighted by Crippen LogP contribution is 2.33. The van der Waals surface area contributed by atoms with Crippen molar-refractivity contribution in [1.82, 2.24) is 24.7 Å². The first-order valence-corrected chi connectivity index (χ1v) is 9.75. The van der Waals surface area contributed by atoms with Gasteiger partial charge in [-0.25, -0.2) is 4.98 Å². The van der Waals surface area contributed by atoms with Gasteiger partial charge in [0.25, 0.3) is 0 Å². The number of hydrogen-bond donors (Lipinski definition) is 1. The lowest BCUT2D eigenvalue weighted by atomic mass is 10.2. The third-order valence-corrected chi connectivity index (χ3v) is 5.08. The van der Waals surface area contributed by atoms with Gasteiger partial charge in [-0.05, 0) is 18.6 Å². The molecule has 0 saturated heterocycles. The minimum absolute atomic E-state index is 0.0249. The Morgan fingerprint density at radius 1 is 1.12 bits per heavy atom. The zero-order valence-electron chi connectivity index (χ0n) is 17.7. The third-order valence-electron chi connectivity index (χ3n) is 5.08. The van der Waals surface area contributed by atoms with Crippen LogP contribution in [0, 0.1) is 6.92 Å². The van der Waals surface area contributed by atoms with Crippen molar-refractivity contribution in [3.05, 3.63) is 53.2 Å². The van der Waals surface area contributed by atoms with Gasteiger partial charge < -0.3 is 15.1 Å². The Balaban J connectivity index is 1.42. The molecule has 0 radical (unpaired) electrons. The minimum Gasteiger partial charge on any atom is -0.350 e. The Morgan fingerprint density at radius 3 is 2.59 bits per heavy atom. The van der Waals surface area contributed by atoms with E-state index >= 15 is 0 Å². The molecule has 1 aliphatic rings. The van der Waals surface area contributed by atoms with Crippen molar-refractivity contribution in [2.45, 2.75) is 26.2 Å². The monoisotopic (exact) mass is 446 g/mol. The van der Waals surface area contributed by atoms with Gasteiger partial charge in [0.2, 0.25) is 11.9 Å². The number of fused-ring (bicyclic) bond motifs is 1. The summed E-state index contributed by atoms with van der Waals surface area (Å²) in [7, 11) is 3.51. The zero-order chi connectivity index (χ0) is 23.0. The van der Waals surface area contributed by atoms with E-state index in [1.807, 2.05) is 6.92 Å². The normalized spacial score (nSPS) is 14.0. The van der Waals surface area contributed by atoms with E-state index in [1.165, 1.54) is 12.3 Å². The summed E-state index contributed by atoms with van der Waals surface area (Å²) in [5.74, 6) is 1.08. The zero-order valence-corrected chi connectivity index (χ0v) is 17.7. The van der Waals surface area contributed by atoms with Crippen LogP contribution in [-0.2, 0) is 24.1 Å². The van der Waals surface area contributed by atoms with Crippen LogP contribution in [0.2, 0.25) is 0 Å². The summed E-state index contributed by atoms with van der Waals surface area (Å²) >= 11 is 0. The molecular formula is C20H21F3N8O. The number of aryl methyl sites for hydroxylation is 1. The van der Waals surface area contributed by atoms with E-state index in [0.29, 0.717) is 41.8 Å². The van der Waals surface area contributed by atoms with Gasteiger partial charge in [-0.15, -0.1) is 0 Å². The van der Waals surface area contributed by atoms with Crippen molar-refractivity contribution in [1.29, 1.82) is 0 Å². The van der Waals surface area contributed by atoms with Crippen molar-refractivity contribution < 1.29 is 18.0 Å². The van der Waals surface area contributed by atoms with Crippen LogP contribution in [0.25, 0.3) is 0 Å². The van der Waals surface area contributed by atoms with E-state index in [4.69, 9.17) is 0 Å². The van der Waals surface area contributed by atoms with Crippen LogP contribution in [0.4, 0.5) is 30.6 Å². The van der Waals surface area contributed by atoms with E-state index in [0.717, 1.165) is 11.6 Å². The number of anilines is 3. The number of hydrogen-bond acceptors (Lipinski definition) is 7. The van der Waals surface area contributed by atoms with E-state index in [9.17, 15) is 18.0 Å². The molecule has 3 aromatic heterocycles. The summed E-state index contributed by atoms with van der Waals surface area (Å²) in [4.78, 5) is 27.9. The van der Waals surface area contributed by atoms with Crippen molar-refractivity contribution in [3.8, 4) is 0 Å². The molecule has 0 atom stereocenters. The summed E-state index contributed by atoms with van der Waals surface area (Å²) < 4.78 is 39.5.